The van der Waals surface area contributed by atoms with Gasteiger partial charge in [0.05, 0.1) is 18.8 Å². The highest BCUT2D eigenvalue weighted by Crippen LogP contribution is 2.25. The molecule has 0 bridgehead atoms. The number of nitrogens with zero attached hydrogens (tertiary/aromatic N) is 3. The average Bonchev–Trinajstić information content (AvgIpc) is 2.63. The van der Waals surface area contributed by atoms with Crippen LogP contribution in [0.5, 0.6) is 0 Å². The van der Waals surface area contributed by atoms with Gasteiger partial charge in [0.15, 0.2) is 0 Å². The average molecular weight is 333 g/mol. The van der Waals surface area contributed by atoms with E-state index < -0.39 is 0 Å². The van der Waals surface area contributed by atoms with E-state index in [1.807, 2.05) is 42.1 Å². The molecule has 24 heavy (non-hydrogen) atoms. The molecule has 6 heteroatoms. The van der Waals surface area contributed by atoms with Crippen LogP contribution in [0.3, 0.4) is 0 Å². The van der Waals surface area contributed by atoms with Crippen LogP contribution >= 0.6 is 0 Å². The number of ether oxygens (including phenoxy) is 2. The van der Waals surface area contributed by atoms with E-state index in [1.54, 1.807) is 0 Å². The first kappa shape index (κ1) is 17.2. The molecule has 1 unspecified atom stereocenters. The molecule has 3 heterocycles. The lowest BCUT2D eigenvalue weighted by Crippen LogP contribution is -2.43. The lowest BCUT2D eigenvalue weighted by molar-refractivity contribution is -0.140. The van der Waals surface area contributed by atoms with E-state index in [2.05, 4.69) is 4.98 Å². The first-order valence-corrected chi connectivity index (χ1v) is 8.75. The van der Waals surface area contributed by atoms with Crippen molar-refractivity contribution in [3.8, 4) is 0 Å². The Morgan fingerprint density at radius 1 is 1.29 bits per heavy atom. The predicted molar refractivity (Wildman–Crippen MR) is 92.0 cm³/mol. The van der Waals surface area contributed by atoms with E-state index in [0.29, 0.717) is 32.0 Å². The van der Waals surface area contributed by atoms with Crippen LogP contribution in [-0.2, 0) is 14.3 Å². The Kier molecular flexibility index (Phi) is 5.68. The van der Waals surface area contributed by atoms with Crippen molar-refractivity contribution in [2.45, 2.75) is 25.4 Å². The highest BCUT2D eigenvalue weighted by molar-refractivity contribution is 5.76. The number of pyridine rings is 1. The summed E-state index contributed by atoms with van der Waals surface area (Å²) in [5.74, 6) is 1.60. The lowest BCUT2D eigenvalue weighted by atomic mass is 9.96. The molecule has 0 spiro atoms. The fourth-order valence-corrected chi connectivity index (χ4v) is 3.25. The van der Waals surface area contributed by atoms with E-state index in [9.17, 15) is 4.79 Å². The molecule has 1 atom stereocenters. The molecule has 2 saturated heterocycles. The molecule has 0 saturated carbocycles. The molecule has 2 fully saturated rings. The van der Waals surface area contributed by atoms with Gasteiger partial charge in [-0.1, -0.05) is 6.07 Å². The second-order valence-electron chi connectivity index (χ2n) is 6.77. The predicted octanol–water partition coefficient (Wildman–Crippen LogP) is 1.86. The van der Waals surface area contributed by atoms with Gasteiger partial charge in [-0.05, 0) is 30.9 Å². The maximum Gasteiger partial charge on any atom is 0.223 e. The van der Waals surface area contributed by atoms with Crippen LogP contribution in [0.4, 0.5) is 5.82 Å². The lowest BCUT2D eigenvalue weighted by Gasteiger charge is -2.34. The molecule has 0 aliphatic carbocycles. The van der Waals surface area contributed by atoms with Crippen LogP contribution in [-0.4, -0.2) is 62.8 Å². The maximum absolute atomic E-state index is 12.6. The van der Waals surface area contributed by atoms with Gasteiger partial charge in [0.2, 0.25) is 5.91 Å². The van der Waals surface area contributed by atoms with Crippen LogP contribution in [0.2, 0.25) is 0 Å². The fraction of sp³-hybridized carbons (Fsp3) is 0.667. The zero-order valence-electron chi connectivity index (χ0n) is 14.6. The van der Waals surface area contributed by atoms with Crippen molar-refractivity contribution in [3.63, 3.8) is 0 Å². The molecule has 6 nitrogen and oxygen atoms in total. The van der Waals surface area contributed by atoms with Crippen LogP contribution in [0, 0.1) is 5.92 Å². The Morgan fingerprint density at radius 2 is 2.08 bits per heavy atom. The van der Waals surface area contributed by atoms with Crippen molar-refractivity contribution in [3.05, 3.63) is 23.9 Å². The summed E-state index contributed by atoms with van der Waals surface area (Å²) in [6.07, 6.45) is 2.47. The molecule has 2 aliphatic rings. The molecule has 132 valence electrons. The van der Waals surface area contributed by atoms with Gasteiger partial charge in [0.25, 0.3) is 0 Å². The monoisotopic (exact) mass is 333 g/mol. The molecule has 1 aromatic heterocycles. The zero-order chi connectivity index (χ0) is 16.9. The first-order chi connectivity index (χ1) is 11.6. The molecule has 0 N–H and O–H groups in total. The Hall–Kier alpha value is -1.66. The minimum atomic E-state index is -0.141. The summed E-state index contributed by atoms with van der Waals surface area (Å²) in [7, 11) is 3.94. The highest BCUT2D eigenvalue weighted by Gasteiger charge is 2.28. The van der Waals surface area contributed by atoms with Crippen LogP contribution in [0.15, 0.2) is 18.2 Å². The van der Waals surface area contributed by atoms with Gasteiger partial charge in [-0.3, -0.25) is 4.79 Å². The van der Waals surface area contributed by atoms with Crippen molar-refractivity contribution in [2.75, 3.05) is 51.9 Å². The van der Waals surface area contributed by atoms with Crippen molar-refractivity contribution in [1.82, 2.24) is 9.88 Å². The third-order valence-electron chi connectivity index (χ3n) is 4.77. The molecule has 1 amide bonds. The summed E-state index contributed by atoms with van der Waals surface area (Å²) < 4.78 is 11.2. The van der Waals surface area contributed by atoms with Gasteiger partial charge in [0.1, 0.15) is 11.9 Å². The number of carbonyl (C=O) groups is 1. The van der Waals surface area contributed by atoms with Crippen LogP contribution < -0.4 is 4.90 Å². The third kappa shape index (κ3) is 4.24. The minimum absolute atomic E-state index is 0.141. The molecule has 0 radical (unpaired) electrons. The third-order valence-corrected chi connectivity index (χ3v) is 4.77. The normalized spacial score (nSPS) is 22.4. The number of carbonyl (C=O) groups excluding carboxylic acids is 1. The molecule has 3 rings (SSSR count). The number of aromatic nitrogens is 1. The van der Waals surface area contributed by atoms with Gasteiger partial charge in [0, 0.05) is 40.3 Å². The van der Waals surface area contributed by atoms with Crippen molar-refractivity contribution in [1.29, 1.82) is 0 Å². The molecule has 1 aromatic rings. The van der Waals surface area contributed by atoms with Crippen LogP contribution in [0.25, 0.3) is 0 Å². The summed E-state index contributed by atoms with van der Waals surface area (Å²) in [6, 6.07) is 5.94. The van der Waals surface area contributed by atoms with Gasteiger partial charge in [-0.25, -0.2) is 4.98 Å². The number of hydrogen-bond donors (Lipinski definition) is 0. The van der Waals surface area contributed by atoms with E-state index >= 15 is 0 Å². The quantitative estimate of drug-likeness (QED) is 0.842. The summed E-state index contributed by atoms with van der Waals surface area (Å²) >= 11 is 0. The number of amides is 1. The Labute approximate surface area is 143 Å². The number of anilines is 1. The van der Waals surface area contributed by atoms with E-state index in [-0.39, 0.29) is 12.0 Å². The zero-order valence-corrected chi connectivity index (χ0v) is 14.6. The Bertz CT molecular complexity index is 558. The highest BCUT2D eigenvalue weighted by atomic mass is 16.5. The Morgan fingerprint density at radius 3 is 2.83 bits per heavy atom. The van der Waals surface area contributed by atoms with Gasteiger partial charge in [-0.15, -0.1) is 0 Å². The number of hydrogen-bond acceptors (Lipinski definition) is 5. The first-order valence-electron chi connectivity index (χ1n) is 8.75. The molecule has 0 aromatic carbocycles. The topological polar surface area (TPSA) is 54.9 Å². The summed E-state index contributed by atoms with van der Waals surface area (Å²) in [5, 5.41) is 0. The largest absolute Gasteiger partial charge is 0.381 e. The van der Waals surface area contributed by atoms with Gasteiger partial charge < -0.3 is 19.3 Å². The standard InChI is InChI=1S/C18H27N3O3/c1-20(2)17-5-3-4-15(19-17)16-13-21(8-11-24-16)18(22)12-14-6-9-23-10-7-14/h3-5,14,16H,6-13H2,1-2H3. The second kappa shape index (κ2) is 7.94. The van der Waals surface area contributed by atoms with Crippen molar-refractivity contribution in [2.24, 2.45) is 5.92 Å². The number of rotatable bonds is 4. The summed E-state index contributed by atoms with van der Waals surface area (Å²) in [6.45, 7) is 3.39. The SMILES string of the molecule is CN(C)c1cccc(C2CN(C(=O)CC3CCOCC3)CCO2)n1. The van der Waals surface area contributed by atoms with Gasteiger partial charge in [-0.2, -0.15) is 0 Å². The van der Waals surface area contributed by atoms with Crippen molar-refractivity contribution < 1.29 is 14.3 Å². The maximum atomic E-state index is 12.6. The minimum Gasteiger partial charge on any atom is -0.381 e. The van der Waals surface area contributed by atoms with E-state index in [1.165, 1.54) is 0 Å². The molecular weight excluding hydrogens is 306 g/mol. The van der Waals surface area contributed by atoms with E-state index in [0.717, 1.165) is 37.6 Å². The Balaban J connectivity index is 1.61. The fourth-order valence-electron chi connectivity index (χ4n) is 3.25. The summed E-state index contributed by atoms with van der Waals surface area (Å²) in [4.78, 5) is 21.2. The van der Waals surface area contributed by atoms with Crippen molar-refractivity contribution >= 4 is 11.7 Å². The summed E-state index contributed by atoms with van der Waals surface area (Å²) in [5.41, 5.74) is 0.893. The van der Waals surface area contributed by atoms with Gasteiger partial charge >= 0.3 is 0 Å². The second-order valence-corrected chi connectivity index (χ2v) is 6.77. The molecular formula is C18H27N3O3. The number of morpholine rings is 1. The van der Waals surface area contributed by atoms with E-state index in [4.69, 9.17) is 9.47 Å². The smallest absolute Gasteiger partial charge is 0.223 e. The molecule has 2 aliphatic heterocycles. The van der Waals surface area contributed by atoms with Crippen LogP contribution in [0.1, 0.15) is 31.1 Å².